The number of amides is 1. The highest BCUT2D eigenvalue weighted by molar-refractivity contribution is 7.32. The molecular weight excluding hydrogens is 205 g/mol. The Hall–Kier alpha value is -0.640. The van der Waals surface area contributed by atoms with Crippen LogP contribution in [0.25, 0.3) is 0 Å². The fourth-order valence-electron chi connectivity index (χ4n) is 0.358. The third-order valence-electron chi connectivity index (χ3n) is 1.31. The normalized spacial score (nSPS) is 13.1. The first kappa shape index (κ1) is 15.8. The molecule has 84 valence electrons. The van der Waals surface area contributed by atoms with Crippen LogP contribution in [0.2, 0.25) is 0 Å². The van der Waals surface area contributed by atoms with Crippen molar-refractivity contribution in [3.05, 3.63) is 12.7 Å². The molecule has 2 atom stereocenters. The highest BCUT2D eigenvalue weighted by Crippen LogP contribution is 2.18. The summed E-state index contributed by atoms with van der Waals surface area (Å²) in [5.74, 6) is -0.144. The van der Waals surface area contributed by atoms with Crippen LogP contribution in [0.5, 0.6) is 0 Å². The third-order valence-corrected chi connectivity index (χ3v) is 1.91. The molecule has 0 rings (SSSR count). The van der Waals surface area contributed by atoms with Crippen molar-refractivity contribution < 1.29 is 18.8 Å². The van der Waals surface area contributed by atoms with Crippen molar-refractivity contribution in [2.45, 2.75) is 26.4 Å². The maximum Gasteiger partial charge on any atom is 0.316 e. The number of carbonyl (C=O) groups excluding carboxylic acids is 1. The molecular formula is C8H18NO4P. The van der Waals surface area contributed by atoms with E-state index in [-0.39, 0.29) is 12.0 Å². The molecule has 0 aromatic carbocycles. The van der Waals surface area contributed by atoms with Crippen LogP contribution in [0.15, 0.2) is 12.7 Å². The molecule has 0 heterocycles. The molecule has 0 fully saturated rings. The van der Waals surface area contributed by atoms with Gasteiger partial charge in [0.2, 0.25) is 5.91 Å². The molecule has 0 aliphatic rings. The Bertz CT molecular complexity index is 196. The van der Waals surface area contributed by atoms with Crippen LogP contribution in [0.3, 0.4) is 0 Å². The van der Waals surface area contributed by atoms with E-state index in [9.17, 15) is 9.36 Å². The van der Waals surface area contributed by atoms with Gasteiger partial charge in [-0.05, 0) is 19.4 Å². The van der Waals surface area contributed by atoms with Gasteiger partial charge >= 0.3 is 8.25 Å². The highest BCUT2D eigenvalue weighted by atomic mass is 31.1. The van der Waals surface area contributed by atoms with E-state index < -0.39 is 8.25 Å². The van der Waals surface area contributed by atoms with Gasteiger partial charge in [-0.2, -0.15) is 0 Å². The van der Waals surface area contributed by atoms with Gasteiger partial charge in [-0.15, -0.1) is 0 Å². The second-order valence-electron chi connectivity index (χ2n) is 2.42. The van der Waals surface area contributed by atoms with Crippen LogP contribution in [0, 0.1) is 0 Å². The van der Waals surface area contributed by atoms with Gasteiger partial charge in [0, 0.05) is 7.05 Å². The predicted molar refractivity (Wildman–Crippen MR) is 56.3 cm³/mol. The standard InChI is InChI=1S/C4H7NO.C4H11O3P/c1-3-4(6)5-2;1-3-4(2)7-8(5)6/h3H,1H2,2H3,(H,5,6);4,8H,3H2,1-2H3,(H,5,6). The molecule has 0 spiro atoms. The zero-order valence-corrected chi connectivity index (χ0v) is 9.74. The molecule has 0 radical (unpaired) electrons. The number of nitrogens with one attached hydrogen (secondary N) is 1. The summed E-state index contributed by atoms with van der Waals surface area (Å²) >= 11 is 0. The number of rotatable bonds is 4. The molecule has 0 bridgehead atoms. The number of carbonyl (C=O) groups is 1. The number of likely N-dealkylation sites (N-methyl/N-ethyl adjacent to an activating group) is 1. The molecule has 5 nitrogen and oxygen atoms in total. The van der Waals surface area contributed by atoms with E-state index in [0.29, 0.717) is 0 Å². The van der Waals surface area contributed by atoms with Crippen LogP contribution in [0.4, 0.5) is 0 Å². The minimum Gasteiger partial charge on any atom is -0.356 e. The van der Waals surface area contributed by atoms with Gasteiger partial charge in [-0.25, -0.2) is 0 Å². The van der Waals surface area contributed by atoms with Crippen LogP contribution >= 0.6 is 8.25 Å². The fraction of sp³-hybridized carbons (Fsp3) is 0.625. The summed E-state index contributed by atoms with van der Waals surface area (Å²) in [7, 11) is -1.14. The summed E-state index contributed by atoms with van der Waals surface area (Å²) in [5.41, 5.74) is 0. The number of hydrogen-bond acceptors (Lipinski definition) is 3. The summed E-state index contributed by atoms with van der Waals surface area (Å²) in [5, 5.41) is 2.36. The largest absolute Gasteiger partial charge is 0.356 e. The van der Waals surface area contributed by atoms with E-state index in [4.69, 9.17) is 4.89 Å². The molecule has 1 amide bonds. The van der Waals surface area contributed by atoms with Crippen molar-refractivity contribution >= 4 is 14.2 Å². The van der Waals surface area contributed by atoms with Crippen LogP contribution in [-0.4, -0.2) is 24.0 Å². The van der Waals surface area contributed by atoms with Crippen LogP contribution < -0.4 is 5.32 Å². The molecule has 0 aliphatic heterocycles. The van der Waals surface area contributed by atoms with E-state index in [0.717, 1.165) is 6.42 Å². The van der Waals surface area contributed by atoms with Gasteiger partial charge in [-0.3, -0.25) is 9.36 Å². The Labute approximate surface area is 85.1 Å². The van der Waals surface area contributed by atoms with Gasteiger partial charge in [-0.1, -0.05) is 13.5 Å². The molecule has 0 saturated heterocycles. The van der Waals surface area contributed by atoms with Crippen molar-refractivity contribution in [2.75, 3.05) is 7.05 Å². The summed E-state index contributed by atoms with van der Waals surface area (Å²) in [6, 6.07) is 0. The third kappa shape index (κ3) is 13.9. The summed E-state index contributed by atoms with van der Waals surface area (Å²) < 4.78 is 14.4. The Balaban J connectivity index is 0. The summed E-state index contributed by atoms with van der Waals surface area (Å²) in [4.78, 5) is 18.1. The van der Waals surface area contributed by atoms with Crippen molar-refractivity contribution in [3.63, 3.8) is 0 Å². The molecule has 14 heavy (non-hydrogen) atoms. The van der Waals surface area contributed by atoms with Crippen LogP contribution in [-0.2, 0) is 13.9 Å². The maximum absolute atomic E-state index is 9.95. The lowest BCUT2D eigenvalue weighted by atomic mass is 10.3. The molecule has 0 saturated carbocycles. The minimum absolute atomic E-state index is 0.0913. The summed E-state index contributed by atoms with van der Waals surface area (Å²) in [6.07, 6.45) is 1.91. The molecule has 0 aliphatic carbocycles. The van der Waals surface area contributed by atoms with E-state index in [1.54, 1.807) is 14.0 Å². The Morgan fingerprint density at radius 1 is 1.79 bits per heavy atom. The second kappa shape index (κ2) is 10.4. The lowest BCUT2D eigenvalue weighted by Gasteiger charge is -2.04. The quantitative estimate of drug-likeness (QED) is 0.552. The smallest absolute Gasteiger partial charge is 0.316 e. The van der Waals surface area contributed by atoms with E-state index in [1.807, 2.05) is 6.92 Å². The Morgan fingerprint density at radius 3 is 2.36 bits per heavy atom. The lowest BCUT2D eigenvalue weighted by Crippen LogP contribution is -2.13. The first-order valence-corrected chi connectivity index (χ1v) is 5.48. The van der Waals surface area contributed by atoms with Crippen molar-refractivity contribution in [1.82, 2.24) is 5.32 Å². The topological polar surface area (TPSA) is 75.6 Å². The SMILES string of the molecule is C=CC(=O)NC.CCC(C)O[PH](=O)O. The van der Waals surface area contributed by atoms with Crippen molar-refractivity contribution in [2.24, 2.45) is 0 Å². The van der Waals surface area contributed by atoms with Gasteiger partial charge in [0.15, 0.2) is 0 Å². The van der Waals surface area contributed by atoms with Crippen molar-refractivity contribution in [1.29, 1.82) is 0 Å². The Morgan fingerprint density at radius 2 is 2.29 bits per heavy atom. The summed E-state index contributed by atoms with van der Waals surface area (Å²) in [6.45, 7) is 6.88. The van der Waals surface area contributed by atoms with Gasteiger partial charge in [0.1, 0.15) is 0 Å². The van der Waals surface area contributed by atoms with Gasteiger partial charge in [0.25, 0.3) is 0 Å². The van der Waals surface area contributed by atoms with Crippen molar-refractivity contribution in [3.8, 4) is 0 Å². The molecule has 6 heteroatoms. The molecule has 0 aromatic rings. The zero-order valence-electron chi connectivity index (χ0n) is 8.74. The average molecular weight is 223 g/mol. The Kier molecular flexibility index (Phi) is 11.8. The maximum atomic E-state index is 9.95. The van der Waals surface area contributed by atoms with Gasteiger partial charge < -0.3 is 14.7 Å². The number of hydrogen-bond donors (Lipinski definition) is 2. The minimum atomic E-state index is -2.70. The highest BCUT2D eigenvalue weighted by Gasteiger charge is 1.99. The first-order chi connectivity index (χ1) is 6.47. The molecule has 2 unspecified atom stereocenters. The van der Waals surface area contributed by atoms with E-state index >= 15 is 0 Å². The monoisotopic (exact) mass is 223 g/mol. The predicted octanol–water partition coefficient (Wildman–Crippen LogP) is 1.10. The zero-order chi connectivity index (χ0) is 11.6. The fourth-order valence-corrected chi connectivity index (χ4v) is 0.868. The van der Waals surface area contributed by atoms with Gasteiger partial charge in [0.05, 0.1) is 6.10 Å². The average Bonchev–Trinajstić information content (AvgIpc) is 2.16. The lowest BCUT2D eigenvalue weighted by molar-refractivity contribution is -0.116. The first-order valence-electron chi connectivity index (χ1n) is 4.21. The van der Waals surface area contributed by atoms with Crippen LogP contribution in [0.1, 0.15) is 20.3 Å². The van der Waals surface area contributed by atoms with E-state index in [2.05, 4.69) is 16.4 Å². The molecule has 0 aromatic heterocycles. The molecule has 2 N–H and O–H groups in total. The van der Waals surface area contributed by atoms with E-state index in [1.165, 1.54) is 6.08 Å². The second-order valence-corrected chi connectivity index (χ2v) is 3.19.